The molecule has 0 aromatic heterocycles. The summed E-state index contributed by atoms with van der Waals surface area (Å²) in [6.45, 7) is 3.49. The number of sulfonamides is 1. The van der Waals surface area contributed by atoms with Gasteiger partial charge in [-0.1, -0.05) is 11.6 Å². The summed E-state index contributed by atoms with van der Waals surface area (Å²) in [4.78, 5) is 10.5. The highest BCUT2D eigenvalue weighted by atomic mass is 35.5. The number of carbonyl (C=O) groups is 1. The van der Waals surface area contributed by atoms with E-state index in [2.05, 4.69) is 0 Å². The third-order valence-corrected chi connectivity index (χ3v) is 5.10. The number of halogens is 1. The van der Waals surface area contributed by atoms with E-state index in [1.54, 1.807) is 32.0 Å². The molecule has 1 N–H and O–H groups in total. The van der Waals surface area contributed by atoms with Crippen molar-refractivity contribution in [1.29, 1.82) is 0 Å². The molecule has 0 aliphatic heterocycles. The molecular weight excluding hydrogens is 302 g/mol. The maximum Gasteiger partial charge on any atom is 0.303 e. The first-order chi connectivity index (χ1) is 9.27. The lowest BCUT2D eigenvalue weighted by atomic mass is 10.2. The molecule has 0 saturated carbocycles. The van der Waals surface area contributed by atoms with Crippen molar-refractivity contribution in [3.63, 3.8) is 0 Å². The van der Waals surface area contributed by atoms with Crippen LogP contribution < -0.4 is 4.31 Å². The molecule has 20 heavy (non-hydrogen) atoms. The van der Waals surface area contributed by atoms with Crippen LogP contribution in [0.5, 0.6) is 0 Å². The first-order valence-corrected chi connectivity index (χ1v) is 8.25. The van der Waals surface area contributed by atoms with E-state index in [1.165, 1.54) is 4.31 Å². The zero-order valence-electron chi connectivity index (χ0n) is 11.5. The lowest BCUT2D eigenvalue weighted by Crippen LogP contribution is -2.33. The van der Waals surface area contributed by atoms with E-state index in [1.807, 2.05) is 0 Å². The van der Waals surface area contributed by atoms with Gasteiger partial charge in [0.05, 0.1) is 11.4 Å². The summed E-state index contributed by atoms with van der Waals surface area (Å²) < 4.78 is 25.5. The van der Waals surface area contributed by atoms with Crippen LogP contribution in [-0.2, 0) is 14.8 Å². The number of benzene rings is 1. The highest BCUT2D eigenvalue weighted by Crippen LogP contribution is 2.25. The van der Waals surface area contributed by atoms with Gasteiger partial charge in [0.1, 0.15) is 0 Å². The normalized spacial score (nSPS) is 11.3. The van der Waals surface area contributed by atoms with Crippen molar-refractivity contribution in [2.45, 2.75) is 26.7 Å². The van der Waals surface area contributed by atoms with Crippen LogP contribution >= 0.6 is 11.6 Å². The van der Waals surface area contributed by atoms with Gasteiger partial charge in [-0.3, -0.25) is 9.10 Å². The maximum atomic E-state index is 12.1. The molecule has 0 fully saturated rings. The second kappa shape index (κ2) is 6.95. The first-order valence-electron chi connectivity index (χ1n) is 6.26. The van der Waals surface area contributed by atoms with Gasteiger partial charge in [-0.2, -0.15) is 0 Å². The monoisotopic (exact) mass is 319 g/mol. The largest absolute Gasteiger partial charge is 0.481 e. The Kier molecular flexibility index (Phi) is 5.83. The molecule has 0 spiro atoms. The van der Waals surface area contributed by atoms with E-state index in [4.69, 9.17) is 16.7 Å². The summed E-state index contributed by atoms with van der Waals surface area (Å²) in [5.41, 5.74) is 1.29. The topological polar surface area (TPSA) is 74.7 Å². The maximum absolute atomic E-state index is 12.1. The lowest BCUT2D eigenvalue weighted by molar-refractivity contribution is -0.137. The Morgan fingerprint density at radius 1 is 1.40 bits per heavy atom. The van der Waals surface area contributed by atoms with Crippen molar-refractivity contribution in [2.24, 2.45) is 0 Å². The molecule has 0 bridgehead atoms. The minimum atomic E-state index is -3.44. The molecular formula is C13H18ClNO4S. The van der Waals surface area contributed by atoms with Crippen LogP contribution in [0.3, 0.4) is 0 Å². The molecule has 112 valence electrons. The molecule has 7 heteroatoms. The first kappa shape index (κ1) is 16.8. The summed E-state index contributed by atoms with van der Waals surface area (Å²) >= 11 is 5.93. The number of nitrogens with zero attached hydrogens (tertiary/aromatic N) is 1. The molecule has 1 rings (SSSR count). The summed E-state index contributed by atoms with van der Waals surface area (Å²) in [5, 5.41) is 9.22. The average molecular weight is 320 g/mol. The van der Waals surface area contributed by atoms with Gasteiger partial charge in [-0.15, -0.1) is 0 Å². The summed E-state index contributed by atoms with van der Waals surface area (Å²) in [6, 6.07) is 4.96. The molecule has 0 unspecified atom stereocenters. The molecule has 5 nitrogen and oxygen atoms in total. The summed E-state index contributed by atoms with van der Waals surface area (Å²) in [7, 11) is -3.44. The fourth-order valence-corrected chi connectivity index (χ4v) is 3.01. The minimum absolute atomic E-state index is 0.0399. The number of aryl methyl sites for hydroxylation is 1. The molecule has 1 aromatic carbocycles. The molecule has 0 atom stereocenters. The standard InChI is InChI=1S/C13H18ClNO4S/c1-3-20(18,19)15(8-4-5-13(16)17)11-6-7-12(14)10(2)9-11/h6-7,9H,3-5,8H2,1-2H3,(H,16,17). The van der Waals surface area contributed by atoms with Crippen molar-refractivity contribution in [3.8, 4) is 0 Å². The van der Waals surface area contributed by atoms with E-state index in [-0.39, 0.29) is 25.1 Å². The highest BCUT2D eigenvalue weighted by molar-refractivity contribution is 7.92. The molecule has 0 aliphatic rings. The van der Waals surface area contributed by atoms with E-state index in [9.17, 15) is 13.2 Å². The van der Waals surface area contributed by atoms with Gasteiger partial charge in [0.2, 0.25) is 10.0 Å². The van der Waals surface area contributed by atoms with Gasteiger partial charge in [0.25, 0.3) is 0 Å². The Labute approximate surface area is 124 Å². The zero-order valence-corrected chi connectivity index (χ0v) is 13.0. The third-order valence-electron chi connectivity index (χ3n) is 2.88. The van der Waals surface area contributed by atoms with Gasteiger partial charge >= 0.3 is 5.97 Å². The van der Waals surface area contributed by atoms with Gasteiger partial charge in [-0.05, 0) is 44.0 Å². The lowest BCUT2D eigenvalue weighted by Gasteiger charge is -2.24. The van der Waals surface area contributed by atoms with Gasteiger partial charge in [-0.25, -0.2) is 8.42 Å². The minimum Gasteiger partial charge on any atom is -0.481 e. The van der Waals surface area contributed by atoms with E-state index < -0.39 is 16.0 Å². The van der Waals surface area contributed by atoms with Crippen LogP contribution in [0.25, 0.3) is 0 Å². The molecule has 0 heterocycles. The van der Waals surface area contributed by atoms with Crippen LogP contribution in [0, 0.1) is 6.92 Å². The smallest absolute Gasteiger partial charge is 0.303 e. The van der Waals surface area contributed by atoms with E-state index >= 15 is 0 Å². The Morgan fingerprint density at radius 3 is 2.55 bits per heavy atom. The second-order valence-electron chi connectivity index (χ2n) is 4.40. The molecule has 0 radical (unpaired) electrons. The average Bonchev–Trinajstić information content (AvgIpc) is 2.37. The molecule has 0 aliphatic carbocycles. The SMILES string of the molecule is CCS(=O)(=O)N(CCCC(=O)O)c1ccc(Cl)c(C)c1. The van der Waals surface area contributed by atoms with Crippen molar-refractivity contribution in [3.05, 3.63) is 28.8 Å². The van der Waals surface area contributed by atoms with Crippen LogP contribution in [0.2, 0.25) is 5.02 Å². The molecule has 1 aromatic rings. The third kappa shape index (κ3) is 4.38. The number of aliphatic carboxylic acids is 1. The van der Waals surface area contributed by atoms with Crippen molar-refractivity contribution >= 4 is 33.3 Å². The van der Waals surface area contributed by atoms with Gasteiger partial charge in [0.15, 0.2) is 0 Å². The summed E-state index contributed by atoms with van der Waals surface area (Å²) in [6.07, 6.45) is 0.193. The van der Waals surface area contributed by atoms with Crippen LogP contribution in [-0.4, -0.2) is 31.8 Å². The van der Waals surface area contributed by atoms with Crippen molar-refractivity contribution in [1.82, 2.24) is 0 Å². The second-order valence-corrected chi connectivity index (χ2v) is 6.99. The predicted octanol–water partition coefficient (Wildman–Crippen LogP) is 2.67. The highest BCUT2D eigenvalue weighted by Gasteiger charge is 2.21. The number of anilines is 1. The number of rotatable bonds is 7. The van der Waals surface area contributed by atoms with Crippen LogP contribution in [0.15, 0.2) is 18.2 Å². The number of carboxylic acids is 1. The number of carboxylic acid groups (broad SMARTS) is 1. The Morgan fingerprint density at radius 2 is 2.05 bits per heavy atom. The Balaban J connectivity index is 3.04. The Bertz CT molecular complexity index is 586. The fraction of sp³-hybridized carbons (Fsp3) is 0.462. The van der Waals surface area contributed by atoms with Crippen LogP contribution in [0.4, 0.5) is 5.69 Å². The number of hydrogen-bond acceptors (Lipinski definition) is 3. The quantitative estimate of drug-likeness (QED) is 0.838. The Hall–Kier alpha value is -1.27. The fourth-order valence-electron chi connectivity index (χ4n) is 1.74. The van der Waals surface area contributed by atoms with Crippen LogP contribution in [0.1, 0.15) is 25.3 Å². The summed E-state index contributed by atoms with van der Waals surface area (Å²) in [5.74, 6) is -0.979. The van der Waals surface area contributed by atoms with Gasteiger partial charge in [0, 0.05) is 18.0 Å². The van der Waals surface area contributed by atoms with Gasteiger partial charge < -0.3 is 5.11 Å². The zero-order chi connectivity index (χ0) is 15.3. The van der Waals surface area contributed by atoms with E-state index in [0.29, 0.717) is 10.7 Å². The molecule has 0 amide bonds. The van der Waals surface area contributed by atoms with E-state index in [0.717, 1.165) is 5.56 Å². The van der Waals surface area contributed by atoms with Crippen molar-refractivity contribution < 1.29 is 18.3 Å². The predicted molar refractivity (Wildman–Crippen MR) is 79.9 cm³/mol. The number of hydrogen-bond donors (Lipinski definition) is 1. The van der Waals surface area contributed by atoms with Crippen molar-refractivity contribution in [2.75, 3.05) is 16.6 Å². The molecule has 0 saturated heterocycles.